The highest BCUT2D eigenvalue weighted by atomic mass is 35.5. The zero-order valence-electron chi connectivity index (χ0n) is 23.3. The Bertz CT molecular complexity index is 1440. The molecule has 1 amide bonds. The molecule has 0 saturated carbocycles. The Hall–Kier alpha value is -3.33. The van der Waals surface area contributed by atoms with E-state index in [2.05, 4.69) is 60.4 Å². The Morgan fingerprint density at radius 3 is 2.40 bits per heavy atom. The Kier molecular flexibility index (Phi) is 9.56. The van der Waals surface area contributed by atoms with Gasteiger partial charge >= 0.3 is 0 Å². The fourth-order valence-electron chi connectivity index (χ4n) is 4.66. The molecule has 10 heteroatoms. The first kappa shape index (κ1) is 29.6. The minimum Gasteiger partial charge on any atom is -0.375 e. The quantitative estimate of drug-likeness (QED) is 0.292. The number of likely N-dealkylation sites (N-methyl/N-ethyl adjacent to an activating group) is 1. The summed E-state index contributed by atoms with van der Waals surface area (Å²) in [6, 6.07) is 19.0. The van der Waals surface area contributed by atoms with Crippen LogP contribution in [0.5, 0.6) is 0 Å². The van der Waals surface area contributed by atoms with Gasteiger partial charge in [0.15, 0.2) is 5.11 Å². The van der Waals surface area contributed by atoms with Crippen molar-refractivity contribution in [3.05, 3.63) is 81.8 Å². The van der Waals surface area contributed by atoms with Crippen LogP contribution in [0.4, 0.5) is 22.7 Å². The maximum atomic E-state index is 13.7. The van der Waals surface area contributed by atoms with Gasteiger partial charge in [0.05, 0.1) is 22.8 Å². The van der Waals surface area contributed by atoms with Crippen LogP contribution in [-0.2, 0) is 4.79 Å². The largest absolute Gasteiger partial charge is 0.375 e. The van der Waals surface area contributed by atoms with Crippen molar-refractivity contribution in [3.63, 3.8) is 0 Å². The Balaban J connectivity index is 1.71. The molecule has 0 spiro atoms. The third kappa shape index (κ3) is 6.19. The zero-order chi connectivity index (χ0) is 29.0. The summed E-state index contributed by atoms with van der Waals surface area (Å²) in [6.07, 6.45) is -0.996. The van der Waals surface area contributed by atoms with Gasteiger partial charge in [0, 0.05) is 60.6 Å². The van der Waals surface area contributed by atoms with Crippen LogP contribution in [-0.4, -0.2) is 56.6 Å². The molecule has 0 aliphatic carbocycles. The highest BCUT2D eigenvalue weighted by Gasteiger charge is 2.31. The van der Waals surface area contributed by atoms with Gasteiger partial charge in [-0.25, -0.2) is 4.99 Å². The summed E-state index contributed by atoms with van der Waals surface area (Å²) >= 11 is 18.7. The number of benzodiazepines with no additional fused rings is 1. The molecule has 0 saturated heterocycles. The smallest absolute Gasteiger partial charge is 0.272 e. The molecule has 1 aliphatic heterocycles. The van der Waals surface area contributed by atoms with E-state index in [0.29, 0.717) is 32.6 Å². The van der Waals surface area contributed by atoms with Gasteiger partial charge < -0.3 is 25.3 Å². The number of thiocarbonyl (C=S) groups is 1. The number of hydrogen-bond donors (Lipinski definition) is 2. The summed E-state index contributed by atoms with van der Waals surface area (Å²) in [4.78, 5) is 24.5. The first-order valence-electron chi connectivity index (χ1n) is 13.3. The summed E-state index contributed by atoms with van der Waals surface area (Å²) in [6.45, 7) is 8.92. The highest BCUT2D eigenvalue weighted by molar-refractivity contribution is 7.80. The molecule has 0 aromatic heterocycles. The third-order valence-electron chi connectivity index (χ3n) is 7.04. The topological polar surface area (TPSA) is 63.2 Å². The minimum absolute atomic E-state index is 0.265. The molecule has 1 heterocycles. The lowest BCUT2D eigenvalue weighted by molar-refractivity contribution is -0.119. The van der Waals surface area contributed by atoms with Crippen LogP contribution in [0.15, 0.2) is 65.7 Å². The summed E-state index contributed by atoms with van der Waals surface area (Å²) in [5.41, 5.74) is 5.61. The number of nitrogens with zero attached hydrogens (tertiary/aromatic N) is 4. The number of amides is 1. The van der Waals surface area contributed by atoms with Crippen molar-refractivity contribution in [1.29, 1.82) is 0 Å². The predicted octanol–water partition coefficient (Wildman–Crippen LogP) is 6.42. The van der Waals surface area contributed by atoms with Gasteiger partial charge in [-0.1, -0.05) is 41.4 Å². The molecular formula is C30H34Cl2N6OS. The van der Waals surface area contributed by atoms with Crippen molar-refractivity contribution in [3.8, 4) is 0 Å². The molecule has 210 valence electrons. The van der Waals surface area contributed by atoms with Crippen molar-refractivity contribution in [2.45, 2.75) is 26.9 Å². The van der Waals surface area contributed by atoms with Gasteiger partial charge in [-0.3, -0.25) is 4.79 Å². The summed E-state index contributed by atoms with van der Waals surface area (Å²) in [5.74, 6) is -0.265. The normalized spacial score (nSPS) is 14.7. The van der Waals surface area contributed by atoms with Crippen LogP contribution in [0, 0.1) is 0 Å². The van der Waals surface area contributed by atoms with Crippen molar-refractivity contribution >= 4 is 74.9 Å². The van der Waals surface area contributed by atoms with Crippen LogP contribution >= 0.6 is 35.4 Å². The number of anilines is 4. The second-order valence-corrected chi connectivity index (χ2v) is 10.7. The van der Waals surface area contributed by atoms with Crippen molar-refractivity contribution in [2.24, 2.45) is 4.99 Å². The van der Waals surface area contributed by atoms with Gasteiger partial charge in [-0.05, 0) is 75.5 Å². The van der Waals surface area contributed by atoms with Crippen molar-refractivity contribution in [1.82, 2.24) is 5.32 Å². The molecule has 4 rings (SSSR count). The van der Waals surface area contributed by atoms with Gasteiger partial charge in [0.2, 0.25) is 6.17 Å². The first-order valence-corrected chi connectivity index (χ1v) is 14.4. The molecule has 3 aromatic carbocycles. The second-order valence-electron chi connectivity index (χ2n) is 9.41. The number of fused-ring (bicyclic) bond motifs is 1. The van der Waals surface area contributed by atoms with Crippen molar-refractivity contribution < 1.29 is 4.79 Å². The minimum atomic E-state index is -0.996. The van der Waals surface area contributed by atoms with E-state index in [1.807, 2.05) is 30.3 Å². The number of carbonyl (C=O) groups is 1. The Labute approximate surface area is 251 Å². The number of rotatable bonds is 8. The molecule has 40 heavy (non-hydrogen) atoms. The van der Waals surface area contributed by atoms with E-state index in [9.17, 15) is 4.79 Å². The van der Waals surface area contributed by atoms with Crippen LogP contribution in [0.2, 0.25) is 10.0 Å². The lowest BCUT2D eigenvalue weighted by Gasteiger charge is -2.28. The summed E-state index contributed by atoms with van der Waals surface area (Å²) in [5, 5.41) is 7.79. The molecule has 1 atom stereocenters. The monoisotopic (exact) mass is 596 g/mol. The van der Waals surface area contributed by atoms with E-state index in [1.165, 1.54) is 0 Å². The van der Waals surface area contributed by atoms with Crippen LogP contribution in [0.1, 0.15) is 31.9 Å². The van der Waals surface area contributed by atoms with E-state index in [4.69, 9.17) is 40.4 Å². The summed E-state index contributed by atoms with van der Waals surface area (Å²) in [7, 11) is 3.78. The Morgan fingerprint density at radius 2 is 1.73 bits per heavy atom. The lowest BCUT2D eigenvalue weighted by atomic mass is 10.00. The molecule has 1 unspecified atom stereocenters. The second kappa shape index (κ2) is 12.9. The van der Waals surface area contributed by atoms with Gasteiger partial charge in [0.1, 0.15) is 0 Å². The maximum absolute atomic E-state index is 13.7. The van der Waals surface area contributed by atoms with E-state index >= 15 is 0 Å². The van der Waals surface area contributed by atoms with Gasteiger partial charge in [-0.15, -0.1) is 0 Å². The first-order chi connectivity index (χ1) is 19.2. The molecule has 7 nitrogen and oxygen atoms in total. The van der Waals surface area contributed by atoms with Crippen LogP contribution in [0.25, 0.3) is 0 Å². The number of benzene rings is 3. The van der Waals surface area contributed by atoms with Crippen LogP contribution < -0.4 is 25.3 Å². The fourth-order valence-corrected chi connectivity index (χ4v) is 5.28. The number of hydrogen-bond acceptors (Lipinski definition) is 5. The lowest BCUT2D eigenvalue weighted by Crippen LogP contribution is -2.47. The number of halogens is 2. The molecule has 2 N–H and O–H groups in total. The third-order valence-corrected chi connectivity index (χ3v) is 7.83. The molecular weight excluding hydrogens is 563 g/mol. The molecule has 0 bridgehead atoms. The molecule has 3 aromatic rings. The Morgan fingerprint density at radius 1 is 1.00 bits per heavy atom. The number of aliphatic imine (C=N–C) groups is 1. The van der Waals surface area contributed by atoms with Gasteiger partial charge in [-0.2, -0.15) is 0 Å². The van der Waals surface area contributed by atoms with Gasteiger partial charge in [0.25, 0.3) is 5.91 Å². The van der Waals surface area contributed by atoms with E-state index < -0.39 is 6.17 Å². The fraction of sp³-hybridized carbons (Fsp3) is 0.300. The molecule has 1 aliphatic rings. The van der Waals surface area contributed by atoms with E-state index in [1.54, 1.807) is 30.1 Å². The van der Waals surface area contributed by atoms with Crippen molar-refractivity contribution in [2.75, 3.05) is 53.7 Å². The average Bonchev–Trinajstić information content (AvgIpc) is 3.04. The average molecular weight is 598 g/mol. The SMILES string of the molecule is CCN(C)c1ccc(NC(=S)NC2N=C(c3ccccc3Cl)c3cc(Cl)ccc3N(C)C2=O)c(N(CC)CC)c1. The predicted molar refractivity (Wildman–Crippen MR) is 174 cm³/mol. The highest BCUT2D eigenvalue weighted by Crippen LogP contribution is 2.33. The molecule has 0 radical (unpaired) electrons. The van der Waals surface area contributed by atoms with E-state index in [0.717, 1.165) is 36.7 Å². The summed E-state index contributed by atoms with van der Waals surface area (Å²) < 4.78 is 0. The zero-order valence-corrected chi connectivity index (χ0v) is 25.7. The number of nitrogens with one attached hydrogen (secondary N) is 2. The standard InChI is InChI=1S/C30H34Cl2N6OS/c1-6-36(4)20-14-15-24(26(18-20)38(7-2)8-3)33-30(40)35-28-29(39)37(5)25-16-13-19(31)17-22(25)27(34-28)21-11-9-10-12-23(21)32/h9-18,28H,6-8H2,1-5H3,(H2,33,35,40). The van der Waals surface area contributed by atoms with E-state index in [-0.39, 0.29) is 11.0 Å². The maximum Gasteiger partial charge on any atom is 0.272 e. The van der Waals surface area contributed by atoms with Crippen LogP contribution in [0.3, 0.4) is 0 Å². The molecule has 0 fully saturated rings. The number of carbonyl (C=O) groups excluding carboxylic acids is 1.